The van der Waals surface area contributed by atoms with E-state index in [0.29, 0.717) is 0 Å². The Morgan fingerprint density at radius 3 is 2.69 bits per heavy atom. The number of nitrogens with one attached hydrogen (secondary N) is 1. The van der Waals surface area contributed by atoms with Crippen molar-refractivity contribution < 1.29 is 27.4 Å². The maximum absolute atomic E-state index is 14.5. The van der Waals surface area contributed by atoms with E-state index in [2.05, 4.69) is 20.3 Å². The quantitative estimate of drug-likeness (QED) is 0.806. The van der Waals surface area contributed by atoms with E-state index < -0.39 is 29.1 Å². The second-order valence-electron chi connectivity index (χ2n) is 6.15. The number of hydrogen-bond donors (Lipinski definition) is 2. The zero-order valence-electron chi connectivity index (χ0n) is 15.4. The van der Waals surface area contributed by atoms with Crippen molar-refractivity contribution in [3.05, 3.63) is 59.5 Å². The minimum absolute atomic E-state index is 0.0264. The van der Waals surface area contributed by atoms with E-state index in [9.17, 15) is 18.0 Å². The average molecular weight is 407 g/mol. The highest BCUT2D eigenvalue weighted by molar-refractivity contribution is 6.02. The first-order chi connectivity index (χ1) is 13.7. The third-order valence-electron chi connectivity index (χ3n) is 4.16. The van der Waals surface area contributed by atoms with Crippen LogP contribution in [0.3, 0.4) is 0 Å². The van der Waals surface area contributed by atoms with Crippen molar-refractivity contribution in [1.82, 2.24) is 9.97 Å². The summed E-state index contributed by atoms with van der Waals surface area (Å²) in [5.74, 6) is -2.12. The number of amidine groups is 1. The fourth-order valence-corrected chi connectivity index (χ4v) is 2.79. The van der Waals surface area contributed by atoms with Gasteiger partial charge >= 0.3 is 6.08 Å². The van der Waals surface area contributed by atoms with E-state index in [-0.39, 0.29) is 35.3 Å². The molecular weight excluding hydrogens is 391 g/mol. The molecule has 8 nitrogen and oxygen atoms in total. The molecule has 1 aromatic carbocycles. The van der Waals surface area contributed by atoms with Crippen LogP contribution in [-0.4, -0.2) is 35.4 Å². The maximum Gasteiger partial charge on any atom is 0.310 e. The lowest BCUT2D eigenvalue weighted by atomic mass is 9.89. The van der Waals surface area contributed by atoms with Crippen molar-refractivity contribution in [2.45, 2.75) is 12.5 Å². The van der Waals surface area contributed by atoms with E-state index in [1.165, 1.54) is 38.6 Å². The molecule has 29 heavy (non-hydrogen) atoms. The highest BCUT2D eigenvalue weighted by atomic mass is 19.3. The molecule has 0 saturated carbocycles. The summed E-state index contributed by atoms with van der Waals surface area (Å²) >= 11 is 0. The van der Waals surface area contributed by atoms with Crippen molar-refractivity contribution in [3.63, 3.8) is 0 Å². The van der Waals surface area contributed by atoms with Gasteiger partial charge in [-0.15, -0.1) is 0 Å². The lowest BCUT2D eigenvalue weighted by Gasteiger charge is -2.32. The molecule has 0 bridgehead atoms. The third kappa shape index (κ3) is 3.98. The van der Waals surface area contributed by atoms with Gasteiger partial charge < -0.3 is 20.5 Å². The summed E-state index contributed by atoms with van der Waals surface area (Å²) in [6, 6.07) is 3.46. The van der Waals surface area contributed by atoms with E-state index in [0.717, 1.165) is 6.07 Å². The first-order valence-electron chi connectivity index (χ1n) is 8.24. The van der Waals surface area contributed by atoms with E-state index in [4.69, 9.17) is 15.2 Å². The lowest BCUT2D eigenvalue weighted by Crippen LogP contribution is -2.37. The molecule has 0 fully saturated rings. The molecule has 0 radical (unpaired) electrons. The van der Waals surface area contributed by atoms with Crippen molar-refractivity contribution in [1.29, 1.82) is 0 Å². The molecule has 1 aromatic heterocycles. The average Bonchev–Trinajstić information content (AvgIpc) is 2.69. The Kier molecular flexibility index (Phi) is 5.39. The number of aromatic nitrogens is 2. The zero-order chi connectivity index (χ0) is 21.2. The summed E-state index contributed by atoms with van der Waals surface area (Å²) in [5.41, 5.74) is 3.57. The van der Waals surface area contributed by atoms with Gasteiger partial charge in [-0.25, -0.2) is 19.4 Å². The number of ether oxygens (including phenoxy) is 2. The van der Waals surface area contributed by atoms with Crippen molar-refractivity contribution in [2.75, 3.05) is 19.0 Å². The van der Waals surface area contributed by atoms with Gasteiger partial charge in [-0.1, -0.05) is 0 Å². The summed E-state index contributed by atoms with van der Waals surface area (Å²) in [4.78, 5) is 24.1. The molecule has 1 atom stereocenters. The van der Waals surface area contributed by atoms with Crippen LogP contribution in [0, 0.1) is 5.82 Å². The number of anilines is 1. The van der Waals surface area contributed by atoms with Crippen molar-refractivity contribution in [2.24, 2.45) is 10.7 Å². The number of nitrogens with zero attached hydrogens (tertiary/aromatic N) is 3. The molecule has 1 aliphatic heterocycles. The summed E-state index contributed by atoms with van der Waals surface area (Å²) in [6.45, 7) is 0.906. The number of amides is 1. The van der Waals surface area contributed by atoms with Crippen LogP contribution in [-0.2, 0) is 10.3 Å². The molecule has 1 unspecified atom stereocenters. The fraction of sp³-hybridized carbons (Fsp3) is 0.222. The number of carbonyl (C=O) groups excluding carboxylic acids is 1. The first-order valence-corrected chi connectivity index (χ1v) is 8.24. The second kappa shape index (κ2) is 7.78. The molecule has 2 aromatic rings. The molecule has 3 rings (SSSR count). The van der Waals surface area contributed by atoms with E-state index >= 15 is 0 Å². The van der Waals surface area contributed by atoms with Gasteiger partial charge in [-0.05, 0) is 25.1 Å². The Bertz CT molecular complexity index is 1010. The number of carbonyl (C=O) groups is 1. The highest BCUT2D eigenvalue weighted by Gasteiger charge is 2.41. The summed E-state index contributed by atoms with van der Waals surface area (Å²) in [6.07, 6.45) is 0.300. The van der Waals surface area contributed by atoms with Crippen molar-refractivity contribution >= 4 is 17.4 Å². The number of halogens is 3. The van der Waals surface area contributed by atoms with E-state index in [1.807, 2.05) is 0 Å². The van der Waals surface area contributed by atoms with Crippen LogP contribution in [0.5, 0.6) is 5.88 Å². The third-order valence-corrected chi connectivity index (χ3v) is 4.16. The van der Waals surface area contributed by atoms with E-state index in [1.54, 1.807) is 0 Å². The Morgan fingerprint density at radius 1 is 1.31 bits per heavy atom. The molecule has 152 valence electrons. The SMILES string of the molecule is COc1cnc(C(=O)Nc2ccc(F)c(C3(C)N=C(N)COC3=C(F)F)c2)cn1. The smallest absolute Gasteiger partial charge is 0.310 e. The standard InChI is InChI=1S/C18H16F3N5O3/c1-18(15(16(20)21)29-8-13(22)26-18)10-5-9(3-4-11(10)19)25-17(27)12-6-24-14(28-2)7-23-12/h3-7H,8H2,1-2H3,(H2,22,26)(H,25,27). The summed E-state index contributed by atoms with van der Waals surface area (Å²) in [7, 11) is 1.40. The van der Waals surface area contributed by atoms with Crippen LogP contribution >= 0.6 is 0 Å². The van der Waals surface area contributed by atoms with Crippen LogP contribution in [0.4, 0.5) is 18.9 Å². The summed E-state index contributed by atoms with van der Waals surface area (Å²) < 4.78 is 51.1. The highest BCUT2D eigenvalue weighted by Crippen LogP contribution is 2.41. The lowest BCUT2D eigenvalue weighted by molar-refractivity contribution is 0.102. The van der Waals surface area contributed by atoms with Gasteiger partial charge in [0.1, 0.15) is 24.0 Å². The molecule has 0 aliphatic carbocycles. The second-order valence-corrected chi connectivity index (χ2v) is 6.15. The van der Waals surface area contributed by atoms with Gasteiger partial charge in [-0.2, -0.15) is 8.78 Å². The number of nitrogens with two attached hydrogens (primary N) is 1. The van der Waals surface area contributed by atoms with Gasteiger partial charge in [0.15, 0.2) is 11.3 Å². The summed E-state index contributed by atoms with van der Waals surface area (Å²) in [5, 5.41) is 2.50. The van der Waals surface area contributed by atoms with Gasteiger partial charge in [0.25, 0.3) is 5.91 Å². The maximum atomic E-state index is 14.5. The minimum Gasteiger partial charge on any atom is -0.482 e. The Hall–Kier alpha value is -3.63. The number of aliphatic imine (C=N–C) groups is 1. The molecule has 0 saturated heterocycles. The van der Waals surface area contributed by atoms with Gasteiger partial charge in [0.2, 0.25) is 5.88 Å². The predicted octanol–water partition coefficient (Wildman–Crippen LogP) is 2.59. The van der Waals surface area contributed by atoms with Gasteiger partial charge in [0.05, 0.1) is 19.5 Å². The molecule has 11 heteroatoms. The van der Waals surface area contributed by atoms with Crippen molar-refractivity contribution in [3.8, 4) is 5.88 Å². The van der Waals surface area contributed by atoms with Crippen LogP contribution in [0.1, 0.15) is 23.0 Å². The Labute approximate surface area is 163 Å². The van der Waals surface area contributed by atoms with Gasteiger partial charge in [-0.3, -0.25) is 4.79 Å². The zero-order valence-corrected chi connectivity index (χ0v) is 15.4. The van der Waals surface area contributed by atoms with Crippen LogP contribution < -0.4 is 15.8 Å². The number of benzene rings is 1. The largest absolute Gasteiger partial charge is 0.482 e. The van der Waals surface area contributed by atoms with Gasteiger partial charge in [0, 0.05) is 11.3 Å². The number of hydrogen-bond acceptors (Lipinski definition) is 7. The predicted molar refractivity (Wildman–Crippen MR) is 97.1 cm³/mol. The fourth-order valence-electron chi connectivity index (χ4n) is 2.79. The molecule has 1 aliphatic rings. The van der Waals surface area contributed by atoms with Crippen LogP contribution in [0.2, 0.25) is 0 Å². The van der Waals surface area contributed by atoms with Crippen LogP contribution in [0.15, 0.2) is 47.4 Å². The first kappa shape index (κ1) is 20.1. The Balaban J connectivity index is 1.96. The molecule has 2 heterocycles. The minimum atomic E-state index is -2.15. The Morgan fingerprint density at radius 2 is 2.07 bits per heavy atom. The topological polar surface area (TPSA) is 112 Å². The van der Waals surface area contributed by atoms with Crippen LogP contribution in [0.25, 0.3) is 0 Å². The molecular formula is C18H16F3N5O3. The molecule has 0 spiro atoms. The molecule has 3 N–H and O–H groups in total. The normalized spacial score (nSPS) is 18.5. The number of rotatable bonds is 4. The number of methoxy groups -OCH3 is 1. The monoisotopic (exact) mass is 407 g/mol. The molecule has 1 amide bonds.